The van der Waals surface area contributed by atoms with E-state index in [-0.39, 0.29) is 36.5 Å². The molecule has 0 unspecified atom stereocenters. The fourth-order valence-corrected chi connectivity index (χ4v) is 4.43. The van der Waals surface area contributed by atoms with Crippen molar-refractivity contribution in [2.24, 2.45) is 0 Å². The van der Waals surface area contributed by atoms with Crippen LogP contribution in [0, 0.1) is 44.0 Å². The van der Waals surface area contributed by atoms with E-state index in [9.17, 15) is 0 Å². The Kier molecular flexibility index (Phi) is 9.83. The normalized spacial score (nSPS) is 16.7. The number of nitrogens with one attached hydrogen (secondary N) is 1. The zero-order valence-corrected chi connectivity index (χ0v) is 21.0. The topological polar surface area (TPSA) is 43.4 Å². The van der Waals surface area contributed by atoms with Gasteiger partial charge in [0.25, 0.3) is 0 Å². The van der Waals surface area contributed by atoms with Gasteiger partial charge in [0.15, 0.2) is 0 Å². The number of rotatable bonds is 10. The summed E-state index contributed by atoms with van der Waals surface area (Å²) in [5.41, 5.74) is 1.11. The van der Waals surface area contributed by atoms with E-state index in [2.05, 4.69) is 34.7 Å². The Morgan fingerprint density at radius 3 is 2.96 bits per heavy atom. The van der Waals surface area contributed by atoms with Crippen molar-refractivity contribution in [1.29, 1.82) is 0 Å². The maximum atomic E-state index is 5.58. The van der Waals surface area contributed by atoms with Crippen LogP contribution < -0.4 is 10.1 Å². The molecular weight excluding hydrogens is 582 g/mol. The van der Waals surface area contributed by atoms with Crippen molar-refractivity contribution in [2.75, 3.05) is 26.9 Å². The Hall–Kier alpha value is -0.378. The van der Waals surface area contributed by atoms with Crippen molar-refractivity contribution >= 4 is 11.3 Å². The molecule has 4 nitrogen and oxygen atoms in total. The predicted octanol–water partition coefficient (Wildman–Crippen LogP) is 4.18. The van der Waals surface area contributed by atoms with Gasteiger partial charge in [0.1, 0.15) is 5.75 Å². The van der Waals surface area contributed by atoms with E-state index < -0.39 is 0 Å². The number of pyridine rings is 1. The Morgan fingerprint density at radius 2 is 2.30 bits per heavy atom. The second-order valence-electron chi connectivity index (χ2n) is 6.81. The number of ether oxygens (including phenoxy) is 2. The zero-order valence-electron chi connectivity index (χ0n) is 16.0. The SMILES string of the molecule is [CH2-]C[C@](CCNCc1sccc1OC)(C[C-]1CCOC1)c1ccccn1.[U+2]. The molecule has 1 saturated heterocycles. The van der Waals surface area contributed by atoms with Crippen LogP contribution in [0.5, 0.6) is 5.75 Å². The number of methoxy groups -OCH3 is 1. The van der Waals surface area contributed by atoms with Crippen LogP contribution in [0.2, 0.25) is 0 Å². The molecule has 0 saturated carbocycles. The summed E-state index contributed by atoms with van der Waals surface area (Å²) >= 11 is 1.73. The molecule has 1 fully saturated rings. The Morgan fingerprint density at radius 1 is 1.41 bits per heavy atom. The molecular formula is C21H28N2O2SU. The van der Waals surface area contributed by atoms with E-state index in [4.69, 9.17) is 9.47 Å². The van der Waals surface area contributed by atoms with Gasteiger partial charge in [-0.3, -0.25) is 10.9 Å². The molecule has 27 heavy (non-hydrogen) atoms. The minimum absolute atomic E-state index is 0. The average molecular weight is 611 g/mol. The van der Waals surface area contributed by atoms with Gasteiger partial charge in [0.2, 0.25) is 0 Å². The number of thiophene rings is 1. The van der Waals surface area contributed by atoms with Crippen molar-refractivity contribution in [3.05, 3.63) is 59.3 Å². The van der Waals surface area contributed by atoms with Crippen molar-refractivity contribution in [2.45, 2.75) is 37.6 Å². The van der Waals surface area contributed by atoms with Gasteiger partial charge >= 0.3 is 31.1 Å². The van der Waals surface area contributed by atoms with Crippen molar-refractivity contribution in [3.8, 4) is 5.75 Å². The monoisotopic (exact) mass is 610 g/mol. The van der Waals surface area contributed by atoms with Gasteiger partial charge in [-0.1, -0.05) is 12.7 Å². The number of aromatic nitrogens is 1. The van der Waals surface area contributed by atoms with E-state index in [1.165, 1.54) is 10.8 Å². The molecule has 1 aliphatic heterocycles. The summed E-state index contributed by atoms with van der Waals surface area (Å²) in [6.07, 6.45) is 5.80. The van der Waals surface area contributed by atoms with Gasteiger partial charge in [-0.25, -0.2) is 0 Å². The van der Waals surface area contributed by atoms with Crippen LogP contribution in [0.1, 0.15) is 36.3 Å². The number of hydrogen-bond donors (Lipinski definition) is 1. The van der Waals surface area contributed by atoms with Crippen molar-refractivity contribution in [1.82, 2.24) is 10.3 Å². The largest absolute Gasteiger partial charge is 2.00 e. The molecule has 0 radical (unpaired) electrons. The molecule has 0 spiro atoms. The zero-order chi connectivity index (χ0) is 18.2. The third-order valence-electron chi connectivity index (χ3n) is 5.17. The van der Waals surface area contributed by atoms with Crippen LogP contribution in [0.25, 0.3) is 0 Å². The van der Waals surface area contributed by atoms with E-state index in [0.29, 0.717) is 0 Å². The molecule has 3 heterocycles. The molecule has 0 aliphatic carbocycles. The summed E-state index contributed by atoms with van der Waals surface area (Å²) in [6, 6.07) is 8.22. The molecule has 1 atom stereocenters. The fraction of sp³-hybridized carbons (Fsp3) is 0.476. The van der Waals surface area contributed by atoms with Gasteiger partial charge < -0.3 is 21.7 Å². The van der Waals surface area contributed by atoms with Crippen LogP contribution in [-0.2, 0) is 16.7 Å². The van der Waals surface area contributed by atoms with E-state index in [1.54, 1.807) is 18.4 Å². The van der Waals surface area contributed by atoms with Crippen LogP contribution in [0.4, 0.5) is 0 Å². The van der Waals surface area contributed by atoms with Gasteiger partial charge in [0.05, 0.1) is 12.0 Å². The number of nitrogens with zero attached hydrogens (tertiary/aromatic N) is 1. The van der Waals surface area contributed by atoms with Crippen molar-refractivity contribution in [3.63, 3.8) is 0 Å². The average Bonchev–Trinajstić information content (AvgIpc) is 3.36. The Bertz CT molecular complexity index is 661. The van der Waals surface area contributed by atoms with E-state index in [1.807, 2.05) is 18.3 Å². The summed E-state index contributed by atoms with van der Waals surface area (Å²) in [5, 5.41) is 5.65. The third-order valence-corrected chi connectivity index (χ3v) is 6.07. The smallest absolute Gasteiger partial charge is 0.496 e. The van der Waals surface area contributed by atoms with E-state index >= 15 is 0 Å². The molecule has 1 aliphatic rings. The maximum Gasteiger partial charge on any atom is 2.00 e. The van der Waals surface area contributed by atoms with Gasteiger partial charge in [-0.2, -0.15) is 19.3 Å². The van der Waals surface area contributed by atoms with Gasteiger partial charge in [0, 0.05) is 25.0 Å². The molecule has 3 rings (SSSR count). The second-order valence-corrected chi connectivity index (χ2v) is 7.81. The summed E-state index contributed by atoms with van der Waals surface area (Å²) in [7, 11) is 1.72. The second kappa shape index (κ2) is 11.6. The van der Waals surface area contributed by atoms with Crippen molar-refractivity contribution < 1.29 is 40.6 Å². The predicted molar refractivity (Wildman–Crippen MR) is 106 cm³/mol. The minimum Gasteiger partial charge on any atom is -0.496 e. The van der Waals surface area contributed by atoms with Gasteiger partial charge in [-0.05, 0) is 42.0 Å². The summed E-state index contributed by atoms with van der Waals surface area (Å²) in [4.78, 5) is 5.92. The van der Waals surface area contributed by atoms with Crippen LogP contribution in [0.15, 0.2) is 35.8 Å². The summed E-state index contributed by atoms with van der Waals surface area (Å²) in [6.45, 7) is 7.67. The Labute approximate surface area is 190 Å². The molecule has 6 heteroatoms. The minimum atomic E-state index is -0.0309. The molecule has 0 amide bonds. The molecule has 0 bridgehead atoms. The summed E-state index contributed by atoms with van der Waals surface area (Å²) in [5.74, 6) is 2.45. The first-order chi connectivity index (χ1) is 12.8. The first-order valence-corrected chi connectivity index (χ1v) is 10.1. The third kappa shape index (κ3) is 6.05. The Balaban J connectivity index is 0.00000261. The first kappa shape index (κ1) is 22.9. The van der Waals surface area contributed by atoms with Gasteiger partial charge in [-0.15, -0.1) is 11.3 Å². The van der Waals surface area contributed by atoms with Crippen LogP contribution in [-0.4, -0.2) is 31.9 Å². The van der Waals surface area contributed by atoms with E-state index in [0.717, 1.165) is 63.4 Å². The molecule has 144 valence electrons. The molecule has 0 aromatic carbocycles. The molecule has 1 N–H and O–H groups in total. The quantitative estimate of drug-likeness (QED) is 0.324. The summed E-state index contributed by atoms with van der Waals surface area (Å²) < 4.78 is 11.0. The van der Waals surface area contributed by atoms with Crippen LogP contribution in [0.3, 0.4) is 0 Å². The molecule has 2 aromatic heterocycles. The maximum absolute atomic E-state index is 5.58. The number of hydrogen-bond acceptors (Lipinski definition) is 5. The fourth-order valence-electron chi connectivity index (χ4n) is 3.62. The molecule has 2 aromatic rings. The first-order valence-electron chi connectivity index (χ1n) is 9.20. The standard InChI is InChI=1S/C21H28N2O2S.U/c1-3-21(14-17-7-12-25-16-17,20-6-4-5-10-23-20)9-11-22-15-19-18(24-2)8-13-26-19;/h4-6,8,10,13,22H,1,3,7,9,11-12,14-16H2,2H3;/q-2;+2/t21-;/m0./s1. The van der Waals surface area contributed by atoms with Crippen LogP contribution >= 0.6 is 11.3 Å².